The van der Waals surface area contributed by atoms with Gasteiger partial charge in [-0.3, -0.25) is 18.6 Å². The first-order valence-corrected chi connectivity index (χ1v) is 10.9. The van der Waals surface area contributed by atoms with Crippen molar-refractivity contribution in [1.29, 1.82) is 0 Å². The number of Topliss-reactive ketones (excluding diaryl/α,β-unsaturated/α-hetero) is 1. The summed E-state index contributed by atoms with van der Waals surface area (Å²) in [7, 11) is 0. The Kier molecular flexibility index (Phi) is 5.65. The minimum atomic E-state index is -0.141. The van der Waals surface area contributed by atoms with Crippen LogP contribution in [0, 0.1) is 13.8 Å². The number of ketones is 1. The smallest absolute Gasteiger partial charge is 0.263 e. The maximum Gasteiger partial charge on any atom is 0.263 e. The Balaban J connectivity index is 1.73. The van der Waals surface area contributed by atoms with E-state index in [4.69, 9.17) is 0 Å². The molecule has 7 nitrogen and oxygen atoms in total. The van der Waals surface area contributed by atoms with Crippen LogP contribution in [0.3, 0.4) is 0 Å². The standard InChI is InChI=1S/C23H23N5O2S/c1-5-11-26-15(3)13-18(16(26)4)20(29)14-31-23-25-24-22-27(12-6-2)21(30)17-9-7-8-10-19(17)28(22)23/h5-10,13H,1-2,11-12,14H2,3-4H3. The molecule has 0 unspecified atom stereocenters. The Labute approximate surface area is 183 Å². The van der Waals surface area contributed by atoms with Gasteiger partial charge in [-0.05, 0) is 32.0 Å². The molecule has 0 spiro atoms. The maximum atomic E-state index is 13.0. The molecule has 0 aliphatic rings. The summed E-state index contributed by atoms with van der Waals surface area (Å²) in [6.07, 6.45) is 3.47. The fraction of sp³-hybridized carbons (Fsp3) is 0.217. The van der Waals surface area contributed by atoms with Crippen LogP contribution in [0.5, 0.6) is 0 Å². The third-order valence-corrected chi connectivity index (χ3v) is 6.24. The predicted molar refractivity (Wildman–Crippen MR) is 124 cm³/mol. The Morgan fingerprint density at radius 1 is 1.10 bits per heavy atom. The predicted octanol–water partition coefficient (Wildman–Crippen LogP) is 3.81. The SMILES string of the molecule is C=CCn1c(C)cc(C(=O)CSc2nnc3n(CC=C)c(=O)c4ccccc4n23)c1C. The zero-order chi connectivity index (χ0) is 22.1. The third-order valence-electron chi connectivity index (χ3n) is 5.31. The van der Waals surface area contributed by atoms with Crippen LogP contribution in [0.4, 0.5) is 0 Å². The summed E-state index contributed by atoms with van der Waals surface area (Å²) in [5, 5.41) is 9.66. The first kappa shape index (κ1) is 20.9. The molecule has 0 saturated heterocycles. The van der Waals surface area contributed by atoms with Crippen molar-refractivity contribution < 1.29 is 4.79 Å². The summed E-state index contributed by atoms with van der Waals surface area (Å²) >= 11 is 1.31. The molecule has 3 heterocycles. The molecule has 0 saturated carbocycles. The molecule has 31 heavy (non-hydrogen) atoms. The van der Waals surface area contributed by atoms with Crippen LogP contribution in [-0.2, 0) is 13.1 Å². The van der Waals surface area contributed by atoms with Gasteiger partial charge in [-0.25, -0.2) is 0 Å². The quantitative estimate of drug-likeness (QED) is 0.240. The fourth-order valence-electron chi connectivity index (χ4n) is 3.82. The Morgan fingerprint density at radius 3 is 2.55 bits per heavy atom. The number of aromatic nitrogens is 5. The number of para-hydroxylation sites is 1. The Hall–Kier alpha value is -3.39. The van der Waals surface area contributed by atoms with E-state index in [2.05, 4.69) is 27.9 Å². The zero-order valence-electron chi connectivity index (χ0n) is 17.5. The number of hydrogen-bond acceptors (Lipinski definition) is 5. The third kappa shape index (κ3) is 3.53. The molecule has 0 N–H and O–H groups in total. The number of benzene rings is 1. The summed E-state index contributed by atoms with van der Waals surface area (Å²) < 4.78 is 5.44. The number of fused-ring (bicyclic) bond motifs is 3. The van der Waals surface area contributed by atoms with Crippen molar-refractivity contribution in [2.24, 2.45) is 0 Å². The topological polar surface area (TPSA) is 74.2 Å². The molecule has 0 aliphatic carbocycles. The Bertz CT molecular complexity index is 1390. The van der Waals surface area contributed by atoms with Gasteiger partial charge < -0.3 is 4.57 Å². The normalized spacial score (nSPS) is 11.3. The van der Waals surface area contributed by atoms with E-state index in [1.807, 2.05) is 48.6 Å². The van der Waals surface area contributed by atoms with Crippen LogP contribution < -0.4 is 5.56 Å². The first-order chi connectivity index (χ1) is 15.0. The summed E-state index contributed by atoms with van der Waals surface area (Å²) in [5.74, 6) is 0.672. The summed E-state index contributed by atoms with van der Waals surface area (Å²) in [4.78, 5) is 25.8. The van der Waals surface area contributed by atoms with Crippen LogP contribution in [0.25, 0.3) is 16.7 Å². The van der Waals surface area contributed by atoms with Gasteiger partial charge in [-0.15, -0.1) is 23.4 Å². The number of rotatable bonds is 8. The largest absolute Gasteiger partial charge is 0.345 e. The molecule has 0 amide bonds. The molecule has 4 aromatic rings. The van der Waals surface area contributed by atoms with E-state index >= 15 is 0 Å². The summed E-state index contributed by atoms with van der Waals surface area (Å²) in [5.41, 5.74) is 3.23. The van der Waals surface area contributed by atoms with E-state index in [9.17, 15) is 9.59 Å². The first-order valence-electron chi connectivity index (χ1n) is 9.89. The van der Waals surface area contributed by atoms with Crippen molar-refractivity contribution in [3.8, 4) is 0 Å². The molecule has 0 atom stereocenters. The second kappa shape index (κ2) is 8.39. The van der Waals surface area contributed by atoms with E-state index in [1.165, 1.54) is 16.3 Å². The van der Waals surface area contributed by atoms with E-state index in [0.717, 1.165) is 11.4 Å². The van der Waals surface area contributed by atoms with Crippen LogP contribution >= 0.6 is 11.8 Å². The molecule has 0 aliphatic heterocycles. The molecule has 3 aromatic heterocycles. The molecule has 1 aromatic carbocycles. The average molecular weight is 434 g/mol. The van der Waals surface area contributed by atoms with E-state index in [-0.39, 0.29) is 17.1 Å². The van der Waals surface area contributed by atoms with Gasteiger partial charge in [0.15, 0.2) is 10.9 Å². The zero-order valence-corrected chi connectivity index (χ0v) is 18.4. The summed E-state index contributed by atoms with van der Waals surface area (Å²) in [6, 6.07) is 9.26. The average Bonchev–Trinajstić information content (AvgIpc) is 3.31. The van der Waals surface area contributed by atoms with Crippen LogP contribution in [0.1, 0.15) is 21.7 Å². The fourth-order valence-corrected chi connectivity index (χ4v) is 4.65. The van der Waals surface area contributed by atoms with Gasteiger partial charge in [0.05, 0.1) is 16.7 Å². The lowest BCUT2D eigenvalue weighted by molar-refractivity contribution is 0.102. The van der Waals surface area contributed by atoms with Gasteiger partial charge in [0.25, 0.3) is 5.56 Å². The highest BCUT2D eigenvalue weighted by Gasteiger charge is 2.19. The van der Waals surface area contributed by atoms with Crippen LogP contribution in [0.2, 0.25) is 0 Å². The number of hydrogen-bond donors (Lipinski definition) is 0. The van der Waals surface area contributed by atoms with Crippen molar-refractivity contribution in [2.45, 2.75) is 32.1 Å². The number of carbonyl (C=O) groups excluding carboxylic acids is 1. The highest BCUT2D eigenvalue weighted by atomic mass is 32.2. The van der Waals surface area contributed by atoms with Gasteiger partial charge in [0.1, 0.15) is 0 Å². The van der Waals surface area contributed by atoms with E-state index in [1.54, 1.807) is 12.1 Å². The molecule has 8 heteroatoms. The minimum absolute atomic E-state index is 0.0221. The van der Waals surface area contributed by atoms with E-state index in [0.29, 0.717) is 40.5 Å². The molecule has 0 bridgehead atoms. The number of thioether (sulfide) groups is 1. The number of nitrogens with zero attached hydrogens (tertiary/aromatic N) is 5. The lowest BCUT2D eigenvalue weighted by atomic mass is 10.2. The second-order valence-corrected chi connectivity index (χ2v) is 8.18. The molecule has 0 fully saturated rings. The van der Waals surface area contributed by atoms with Crippen molar-refractivity contribution >= 4 is 34.2 Å². The highest BCUT2D eigenvalue weighted by Crippen LogP contribution is 2.24. The van der Waals surface area contributed by atoms with Gasteiger partial charge in [0.2, 0.25) is 5.78 Å². The molecule has 4 rings (SSSR count). The second-order valence-electron chi connectivity index (χ2n) is 7.24. The molecule has 0 radical (unpaired) electrons. The van der Waals surface area contributed by atoms with Crippen molar-refractivity contribution in [1.82, 2.24) is 23.7 Å². The summed E-state index contributed by atoms with van der Waals surface area (Å²) in [6.45, 7) is 12.4. The van der Waals surface area contributed by atoms with Gasteiger partial charge in [-0.1, -0.05) is 36.0 Å². The number of carbonyl (C=O) groups is 1. The van der Waals surface area contributed by atoms with Crippen LogP contribution in [-0.4, -0.2) is 35.3 Å². The number of allylic oxidation sites excluding steroid dienone is 2. The monoisotopic (exact) mass is 433 g/mol. The van der Waals surface area contributed by atoms with Gasteiger partial charge >= 0.3 is 0 Å². The van der Waals surface area contributed by atoms with E-state index < -0.39 is 0 Å². The molecular weight excluding hydrogens is 410 g/mol. The van der Waals surface area contributed by atoms with Crippen molar-refractivity contribution in [3.05, 3.63) is 82.9 Å². The molecular formula is C23H23N5O2S. The minimum Gasteiger partial charge on any atom is -0.345 e. The molecule has 158 valence electrons. The number of aryl methyl sites for hydroxylation is 1. The van der Waals surface area contributed by atoms with Crippen molar-refractivity contribution in [2.75, 3.05) is 5.75 Å². The highest BCUT2D eigenvalue weighted by molar-refractivity contribution is 7.99. The maximum absolute atomic E-state index is 13.0. The Morgan fingerprint density at radius 2 is 1.81 bits per heavy atom. The van der Waals surface area contributed by atoms with Gasteiger partial charge in [-0.2, -0.15) is 0 Å². The van der Waals surface area contributed by atoms with Crippen LogP contribution in [0.15, 0.2) is 65.6 Å². The van der Waals surface area contributed by atoms with Crippen molar-refractivity contribution in [3.63, 3.8) is 0 Å². The lowest BCUT2D eigenvalue weighted by Crippen LogP contribution is -2.22. The van der Waals surface area contributed by atoms with Gasteiger partial charge in [0, 0.05) is 30.0 Å². The lowest BCUT2D eigenvalue weighted by Gasteiger charge is -2.09.